The Kier molecular flexibility index (Phi) is 7.29. The highest BCUT2D eigenvalue weighted by Gasteiger charge is 2.17. The number of benzene rings is 2. The van der Waals surface area contributed by atoms with E-state index in [0.717, 1.165) is 0 Å². The smallest absolute Gasteiger partial charge is 0.325 e. The van der Waals surface area contributed by atoms with Crippen molar-refractivity contribution in [1.82, 2.24) is 5.32 Å². The van der Waals surface area contributed by atoms with Gasteiger partial charge in [-0.25, -0.2) is 8.42 Å². The molecular weight excluding hydrogens is 427 g/mol. The minimum absolute atomic E-state index is 0.0758. The van der Waals surface area contributed by atoms with Gasteiger partial charge in [-0.15, -0.1) is 0 Å². The minimum atomic E-state index is -3.93. The van der Waals surface area contributed by atoms with Gasteiger partial charge in [-0.2, -0.15) is 0 Å². The number of anilines is 1. The molecule has 0 aliphatic carbocycles. The molecule has 2 aromatic carbocycles. The van der Waals surface area contributed by atoms with E-state index < -0.39 is 21.9 Å². The normalized spacial score (nSPS) is 11.2. The molecule has 0 fully saturated rings. The van der Waals surface area contributed by atoms with Crippen LogP contribution in [0.1, 0.15) is 24.2 Å². The lowest BCUT2D eigenvalue weighted by Gasteiger charge is -2.11. The number of hydrogen-bond acceptors (Lipinski definition) is 5. The van der Waals surface area contributed by atoms with Gasteiger partial charge in [0.25, 0.3) is 15.9 Å². The van der Waals surface area contributed by atoms with Gasteiger partial charge in [-0.3, -0.25) is 14.3 Å². The van der Waals surface area contributed by atoms with Crippen LogP contribution in [0.3, 0.4) is 0 Å². The van der Waals surface area contributed by atoms with E-state index in [0.29, 0.717) is 0 Å². The molecule has 7 nitrogen and oxygen atoms in total. The predicted octanol–water partition coefficient (Wildman–Crippen LogP) is 3.48. The Labute approximate surface area is 173 Å². The van der Waals surface area contributed by atoms with E-state index >= 15 is 0 Å². The van der Waals surface area contributed by atoms with Crippen LogP contribution in [0.4, 0.5) is 5.69 Å². The van der Waals surface area contributed by atoms with E-state index in [1.165, 1.54) is 42.5 Å². The van der Waals surface area contributed by atoms with Crippen molar-refractivity contribution in [2.75, 3.05) is 11.3 Å². The van der Waals surface area contributed by atoms with Crippen molar-refractivity contribution in [1.29, 1.82) is 0 Å². The molecule has 0 spiro atoms. The quantitative estimate of drug-likeness (QED) is 0.636. The van der Waals surface area contributed by atoms with Crippen LogP contribution >= 0.6 is 23.2 Å². The highest BCUT2D eigenvalue weighted by Crippen LogP contribution is 2.26. The van der Waals surface area contributed by atoms with E-state index in [1.54, 1.807) is 13.8 Å². The zero-order valence-corrected chi connectivity index (χ0v) is 17.4. The van der Waals surface area contributed by atoms with Crippen LogP contribution in [0, 0.1) is 0 Å². The zero-order chi connectivity index (χ0) is 20.9. The highest BCUT2D eigenvalue weighted by atomic mass is 35.5. The van der Waals surface area contributed by atoms with Gasteiger partial charge in [0, 0.05) is 11.3 Å². The molecule has 2 aromatic rings. The van der Waals surface area contributed by atoms with Crippen molar-refractivity contribution in [3.05, 3.63) is 58.1 Å². The average molecular weight is 445 g/mol. The molecule has 0 aromatic heterocycles. The summed E-state index contributed by atoms with van der Waals surface area (Å²) in [4.78, 5) is 23.6. The maximum Gasteiger partial charge on any atom is 0.325 e. The molecule has 0 saturated carbocycles. The molecule has 0 unspecified atom stereocenters. The third kappa shape index (κ3) is 6.12. The second-order valence-electron chi connectivity index (χ2n) is 5.98. The van der Waals surface area contributed by atoms with Crippen LogP contribution < -0.4 is 10.0 Å². The number of halogens is 2. The predicted molar refractivity (Wildman–Crippen MR) is 107 cm³/mol. The third-order valence-electron chi connectivity index (χ3n) is 3.34. The van der Waals surface area contributed by atoms with Crippen LogP contribution in [0.5, 0.6) is 0 Å². The van der Waals surface area contributed by atoms with Gasteiger partial charge in [0.15, 0.2) is 0 Å². The fourth-order valence-electron chi connectivity index (χ4n) is 2.14. The summed E-state index contributed by atoms with van der Waals surface area (Å²) in [5, 5.41) is 2.75. The van der Waals surface area contributed by atoms with E-state index in [9.17, 15) is 18.0 Å². The van der Waals surface area contributed by atoms with Crippen LogP contribution in [0.25, 0.3) is 0 Å². The maximum atomic E-state index is 12.5. The summed E-state index contributed by atoms with van der Waals surface area (Å²) in [5.41, 5.74) is 0.343. The highest BCUT2D eigenvalue weighted by molar-refractivity contribution is 7.92. The molecule has 0 atom stereocenters. The Morgan fingerprint density at radius 1 is 1.07 bits per heavy atom. The molecular formula is C18H18Cl2N2O5S. The van der Waals surface area contributed by atoms with Crippen molar-refractivity contribution >= 4 is 50.8 Å². The molecule has 150 valence electrons. The van der Waals surface area contributed by atoms with E-state index in [1.807, 2.05) is 0 Å². The van der Waals surface area contributed by atoms with Crippen molar-refractivity contribution in [2.24, 2.45) is 0 Å². The third-order valence-corrected chi connectivity index (χ3v) is 5.46. The number of sulfonamides is 1. The molecule has 0 aliphatic heterocycles. The van der Waals surface area contributed by atoms with Gasteiger partial charge in [-0.1, -0.05) is 29.3 Å². The summed E-state index contributed by atoms with van der Waals surface area (Å²) in [7, 11) is -3.93. The lowest BCUT2D eigenvalue weighted by Crippen LogP contribution is -2.31. The van der Waals surface area contributed by atoms with Crippen LogP contribution in [0.15, 0.2) is 47.4 Å². The second kappa shape index (κ2) is 9.27. The molecule has 1 amide bonds. The van der Waals surface area contributed by atoms with Gasteiger partial charge in [-0.05, 0) is 50.2 Å². The first-order valence-corrected chi connectivity index (χ1v) is 10.4. The molecule has 0 saturated heterocycles. The summed E-state index contributed by atoms with van der Waals surface area (Å²) in [6.45, 7) is 3.10. The number of hydrogen-bond donors (Lipinski definition) is 2. The van der Waals surface area contributed by atoms with Crippen LogP contribution in [0.2, 0.25) is 10.0 Å². The number of esters is 1. The zero-order valence-electron chi connectivity index (χ0n) is 15.0. The molecule has 0 radical (unpaired) electrons. The standard InChI is InChI=1S/C18H18Cl2N2O5S/c1-11(2)27-17(23)10-21-18(24)12-4-3-5-13(8-12)22-28(25,26)14-6-7-15(19)16(20)9-14/h3-9,11,22H,10H2,1-2H3,(H,21,24). The number of rotatable bonds is 7. The molecule has 2 N–H and O–H groups in total. The number of nitrogens with one attached hydrogen (secondary N) is 2. The number of ether oxygens (including phenoxy) is 1. The average Bonchev–Trinajstić information content (AvgIpc) is 2.61. The monoisotopic (exact) mass is 444 g/mol. The van der Waals surface area contributed by atoms with Gasteiger partial charge in [0.1, 0.15) is 6.54 Å². The van der Waals surface area contributed by atoms with E-state index in [2.05, 4.69) is 10.0 Å². The number of carbonyl (C=O) groups is 2. The molecule has 0 aliphatic rings. The van der Waals surface area contributed by atoms with Crippen LogP contribution in [-0.2, 0) is 19.6 Å². The Balaban J connectivity index is 2.11. The summed E-state index contributed by atoms with van der Waals surface area (Å²) in [6, 6.07) is 9.74. The number of amides is 1. The lowest BCUT2D eigenvalue weighted by molar-refractivity contribution is -0.146. The van der Waals surface area contributed by atoms with Crippen molar-refractivity contribution < 1.29 is 22.7 Å². The van der Waals surface area contributed by atoms with E-state index in [-0.39, 0.29) is 38.8 Å². The second-order valence-corrected chi connectivity index (χ2v) is 8.48. The largest absolute Gasteiger partial charge is 0.462 e. The summed E-state index contributed by atoms with van der Waals surface area (Å²) < 4.78 is 32.3. The fourth-order valence-corrected chi connectivity index (χ4v) is 3.58. The summed E-state index contributed by atoms with van der Waals surface area (Å²) in [5.74, 6) is -1.11. The van der Waals surface area contributed by atoms with Crippen LogP contribution in [-0.4, -0.2) is 32.9 Å². The molecule has 0 bridgehead atoms. The summed E-state index contributed by atoms with van der Waals surface area (Å²) in [6.07, 6.45) is -0.288. The Morgan fingerprint density at radius 2 is 1.79 bits per heavy atom. The maximum absolute atomic E-state index is 12.5. The molecule has 0 heterocycles. The fraction of sp³-hybridized carbons (Fsp3) is 0.222. The molecule has 2 rings (SSSR count). The Hall–Kier alpha value is -2.29. The molecule has 28 heavy (non-hydrogen) atoms. The van der Waals surface area contributed by atoms with Gasteiger partial charge in [0.2, 0.25) is 0 Å². The first kappa shape index (κ1) is 22.0. The Morgan fingerprint density at radius 3 is 2.43 bits per heavy atom. The summed E-state index contributed by atoms with van der Waals surface area (Å²) >= 11 is 11.7. The number of carbonyl (C=O) groups excluding carboxylic acids is 2. The topological polar surface area (TPSA) is 102 Å². The van der Waals surface area contributed by atoms with Crippen molar-refractivity contribution in [2.45, 2.75) is 24.8 Å². The SMILES string of the molecule is CC(C)OC(=O)CNC(=O)c1cccc(NS(=O)(=O)c2ccc(Cl)c(Cl)c2)c1. The van der Waals surface area contributed by atoms with Gasteiger partial charge in [0.05, 0.1) is 21.0 Å². The Bertz CT molecular complexity index is 993. The van der Waals surface area contributed by atoms with Crippen molar-refractivity contribution in [3.8, 4) is 0 Å². The van der Waals surface area contributed by atoms with Gasteiger partial charge < -0.3 is 10.1 Å². The van der Waals surface area contributed by atoms with Gasteiger partial charge >= 0.3 is 5.97 Å². The van der Waals surface area contributed by atoms with Crippen molar-refractivity contribution in [3.63, 3.8) is 0 Å². The first-order chi connectivity index (χ1) is 13.1. The molecule has 10 heteroatoms. The first-order valence-electron chi connectivity index (χ1n) is 8.14. The van der Waals surface area contributed by atoms with E-state index in [4.69, 9.17) is 27.9 Å². The minimum Gasteiger partial charge on any atom is -0.462 e. The lowest BCUT2D eigenvalue weighted by atomic mass is 10.2.